The summed E-state index contributed by atoms with van der Waals surface area (Å²) in [6, 6.07) is 3.35. The van der Waals surface area contributed by atoms with E-state index in [9.17, 15) is 4.79 Å². The van der Waals surface area contributed by atoms with Crippen LogP contribution in [0.25, 0.3) is 0 Å². The molecule has 0 aromatic carbocycles. The highest BCUT2D eigenvalue weighted by atomic mass is 16.5. The van der Waals surface area contributed by atoms with E-state index in [1.165, 1.54) is 0 Å². The maximum atomic E-state index is 12.9. The molecular formula is C18H21N5O3. The van der Waals surface area contributed by atoms with E-state index in [0.717, 1.165) is 12.8 Å². The number of imidazole rings is 1. The highest BCUT2D eigenvalue weighted by Gasteiger charge is 2.35. The fourth-order valence-electron chi connectivity index (χ4n) is 3.16. The van der Waals surface area contributed by atoms with E-state index < -0.39 is 0 Å². The molecular weight excluding hydrogens is 334 g/mol. The Balaban J connectivity index is 1.50. The Morgan fingerprint density at radius 3 is 3.00 bits per heavy atom. The average Bonchev–Trinajstić information content (AvgIpc) is 3.40. The minimum Gasteiger partial charge on any atom is -0.454 e. The number of amides is 1. The van der Waals surface area contributed by atoms with E-state index in [4.69, 9.17) is 8.94 Å². The highest BCUT2D eigenvalue weighted by Crippen LogP contribution is 2.33. The molecule has 1 saturated heterocycles. The first-order valence-corrected chi connectivity index (χ1v) is 8.80. The van der Waals surface area contributed by atoms with Crippen LogP contribution < -0.4 is 0 Å². The maximum absolute atomic E-state index is 12.9. The highest BCUT2D eigenvalue weighted by molar-refractivity contribution is 5.92. The van der Waals surface area contributed by atoms with Crippen molar-refractivity contribution in [2.45, 2.75) is 45.2 Å². The smallest absolute Gasteiger partial charge is 0.290 e. The fourth-order valence-corrected chi connectivity index (χ4v) is 3.16. The average molecular weight is 355 g/mol. The minimum atomic E-state index is -0.190. The Bertz CT molecular complexity index is 880. The third-order valence-electron chi connectivity index (χ3n) is 4.54. The second kappa shape index (κ2) is 6.78. The number of aromatic nitrogens is 4. The van der Waals surface area contributed by atoms with Crippen molar-refractivity contribution in [1.82, 2.24) is 24.6 Å². The Kier molecular flexibility index (Phi) is 4.32. The molecule has 1 amide bonds. The summed E-state index contributed by atoms with van der Waals surface area (Å²) in [6.45, 7) is 5.21. The van der Waals surface area contributed by atoms with Crippen LogP contribution in [-0.4, -0.2) is 37.0 Å². The van der Waals surface area contributed by atoms with Gasteiger partial charge in [0.05, 0.1) is 12.9 Å². The molecule has 0 aliphatic carbocycles. The molecule has 0 bridgehead atoms. The van der Waals surface area contributed by atoms with Crippen molar-refractivity contribution in [2.75, 3.05) is 6.54 Å². The van der Waals surface area contributed by atoms with Crippen LogP contribution in [-0.2, 0) is 6.54 Å². The summed E-state index contributed by atoms with van der Waals surface area (Å²) < 4.78 is 13.0. The van der Waals surface area contributed by atoms with Crippen LogP contribution in [0.3, 0.4) is 0 Å². The second-order valence-corrected chi connectivity index (χ2v) is 6.80. The molecule has 0 radical (unpaired) electrons. The molecule has 1 fully saturated rings. The van der Waals surface area contributed by atoms with Gasteiger partial charge in [0.25, 0.3) is 5.91 Å². The van der Waals surface area contributed by atoms with Gasteiger partial charge in [-0.05, 0) is 25.0 Å². The van der Waals surface area contributed by atoms with Gasteiger partial charge < -0.3 is 18.4 Å². The van der Waals surface area contributed by atoms with Gasteiger partial charge in [0.1, 0.15) is 11.8 Å². The molecule has 1 atom stereocenters. The standard InChI is InChI=1S/C18H21N5O3/c1-12(2)16-20-17(26-21-16)14-4-3-8-23(14)18(24)15-6-5-13(25-15)10-22-9-7-19-11-22/h5-7,9,11-12,14H,3-4,8,10H2,1-2H3. The van der Waals surface area contributed by atoms with E-state index in [-0.39, 0.29) is 17.9 Å². The van der Waals surface area contributed by atoms with Gasteiger partial charge in [0, 0.05) is 24.9 Å². The van der Waals surface area contributed by atoms with E-state index in [0.29, 0.717) is 36.3 Å². The lowest BCUT2D eigenvalue weighted by atomic mass is 10.2. The largest absolute Gasteiger partial charge is 0.454 e. The van der Waals surface area contributed by atoms with Crippen molar-refractivity contribution in [2.24, 2.45) is 0 Å². The van der Waals surface area contributed by atoms with Gasteiger partial charge in [-0.15, -0.1) is 0 Å². The number of likely N-dealkylation sites (tertiary alicyclic amines) is 1. The van der Waals surface area contributed by atoms with Crippen LogP contribution in [0.2, 0.25) is 0 Å². The van der Waals surface area contributed by atoms with Gasteiger partial charge in [0.2, 0.25) is 5.89 Å². The Labute approximate surface area is 150 Å². The van der Waals surface area contributed by atoms with E-state index in [1.807, 2.05) is 30.7 Å². The zero-order valence-electron chi connectivity index (χ0n) is 14.8. The summed E-state index contributed by atoms with van der Waals surface area (Å²) in [4.78, 5) is 23.1. The quantitative estimate of drug-likeness (QED) is 0.699. The van der Waals surface area contributed by atoms with Crippen LogP contribution in [0, 0.1) is 0 Å². The number of rotatable bonds is 5. The zero-order chi connectivity index (χ0) is 18.1. The summed E-state index contributed by atoms with van der Waals surface area (Å²) in [5.41, 5.74) is 0. The number of carbonyl (C=O) groups is 1. The van der Waals surface area contributed by atoms with Crippen LogP contribution in [0.15, 0.2) is 39.8 Å². The minimum absolute atomic E-state index is 0.145. The van der Waals surface area contributed by atoms with Gasteiger partial charge >= 0.3 is 0 Å². The fraction of sp³-hybridized carbons (Fsp3) is 0.444. The molecule has 4 heterocycles. The van der Waals surface area contributed by atoms with Crippen molar-refractivity contribution in [3.8, 4) is 0 Å². The molecule has 8 heteroatoms. The van der Waals surface area contributed by atoms with Crippen LogP contribution in [0.4, 0.5) is 0 Å². The van der Waals surface area contributed by atoms with Crippen molar-refractivity contribution >= 4 is 5.91 Å². The monoisotopic (exact) mass is 355 g/mol. The van der Waals surface area contributed by atoms with E-state index in [1.54, 1.807) is 23.5 Å². The molecule has 26 heavy (non-hydrogen) atoms. The lowest BCUT2D eigenvalue weighted by Crippen LogP contribution is -2.30. The molecule has 4 rings (SSSR count). The topological polar surface area (TPSA) is 90.2 Å². The number of hydrogen-bond donors (Lipinski definition) is 0. The maximum Gasteiger partial charge on any atom is 0.290 e. The number of furan rings is 1. The summed E-state index contributed by atoms with van der Waals surface area (Å²) in [6.07, 6.45) is 6.98. The normalized spacial score (nSPS) is 17.3. The first kappa shape index (κ1) is 16.6. The zero-order valence-corrected chi connectivity index (χ0v) is 14.8. The number of nitrogens with zero attached hydrogens (tertiary/aromatic N) is 5. The number of carbonyl (C=O) groups excluding carboxylic acids is 1. The molecule has 1 unspecified atom stereocenters. The second-order valence-electron chi connectivity index (χ2n) is 6.80. The lowest BCUT2D eigenvalue weighted by molar-refractivity contribution is 0.0675. The van der Waals surface area contributed by atoms with Gasteiger partial charge in [-0.3, -0.25) is 4.79 Å². The summed E-state index contributed by atoms with van der Waals surface area (Å²) >= 11 is 0. The third kappa shape index (κ3) is 3.14. The van der Waals surface area contributed by atoms with Gasteiger partial charge in [-0.2, -0.15) is 4.98 Å². The molecule has 1 aliphatic heterocycles. The van der Waals surface area contributed by atoms with E-state index in [2.05, 4.69) is 15.1 Å². The third-order valence-corrected chi connectivity index (χ3v) is 4.54. The van der Waals surface area contributed by atoms with E-state index >= 15 is 0 Å². The first-order valence-electron chi connectivity index (χ1n) is 8.80. The van der Waals surface area contributed by atoms with Crippen molar-refractivity contribution < 1.29 is 13.7 Å². The van der Waals surface area contributed by atoms with Crippen LogP contribution in [0.5, 0.6) is 0 Å². The molecule has 136 valence electrons. The molecule has 1 aliphatic rings. The first-order chi connectivity index (χ1) is 12.6. The molecule has 3 aromatic heterocycles. The van der Waals surface area contributed by atoms with Gasteiger partial charge in [-0.25, -0.2) is 4.98 Å². The Morgan fingerprint density at radius 2 is 2.27 bits per heavy atom. The molecule has 0 N–H and O–H groups in total. The summed E-state index contributed by atoms with van der Waals surface area (Å²) in [7, 11) is 0. The number of hydrogen-bond acceptors (Lipinski definition) is 6. The lowest BCUT2D eigenvalue weighted by Gasteiger charge is -2.20. The van der Waals surface area contributed by atoms with Crippen molar-refractivity contribution in [3.63, 3.8) is 0 Å². The molecule has 0 spiro atoms. The molecule has 8 nitrogen and oxygen atoms in total. The predicted molar refractivity (Wildman–Crippen MR) is 91.4 cm³/mol. The summed E-state index contributed by atoms with van der Waals surface area (Å²) in [5.74, 6) is 2.25. The molecule has 3 aromatic rings. The van der Waals surface area contributed by atoms with Crippen LogP contribution in [0.1, 0.15) is 66.7 Å². The SMILES string of the molecule is CC(C)c1noc(C2CCCN2C(=O)c2ccc(Cn3ccnc3)o2)n1. The van der Waals surface area contributed by atoms with Gasteiger partial charge in [-0.1, -0.05) is 19.0 Å². The predicted octanol–water partition coefficient (Wildman–Crippen LogP) is 3.01. The van der Waals surface area contributed by atoms with Crippen molar-refractivity contribution in [1.29, 1.82) is 0 Å². The van der Waals surface area contributed by atoms with Crippen LogP contribution >= 0.6 is 0 Å². The van der Waals surface area contributed by atoms with Crippen molar-refractivity contribution in [3.05, 3.63) is 54.1 Å². The Hall–Kier alpha value is -2.90. The Morgan fingerprint density at radius 1 is 1.38 bits per heavy atom. The summed E-state index contributed by atoms with van der Waals surface area (Å²) in [5, 5.41) is 4.02. The van der Waals surface area contributed by atoms with Gasteiger partial charge in [0.15, 0.2) is 11.6 Å². The molecule has 0 saturated carbocycles.